The van der Waals surface area contributed by atoms with Gasteiger partial charge in [-0.05, 0) is 43.9 Å². The highest BCUT2D eigenvalue weighted by Gasteiger charge is 2.25. The Balaban J connectivity index is 1.49. The quantitative estimate of drug-likeness (QED) is 0.512. The Morgan fingerprint density at radius 1 is 1.03 bits per heavy atom. The molecule has 2 radical (unpaired) electrons. The van der Waals surface area contributed by atoms with Gasteiger partial charge in [-0.25, -0.2) is 9.97 Å². The molecule has 0 bridgehead atoms. The summed E-state index contributed by atoms with van der Waals surface area (Å²) in [4.78, 5) is 13.8. The Morgan fingerprint density at radius 3 is 2.47 bits per heavy atom. The average molecular weight is 422 g/mol. The Hall–Kier alpha value is -2.25. The Morgan fingerprint density at radius 2 is 1.80 bits per heavy atom. The second-order valence-electron chi connectivity index (χ2n) is 9.66. The third-order valence-corrected chi connectivity index (χ3v) is 6.71. The Kier molecular flexibility index (Phi) is 5.68. The van der Waals surface area contributed by atoms with E-state index in [-0.39, 0.29) is 10.6 Å². The smallest absolute Gasteiger partial charge is 0.236 e. The number of aromatic nitrogens is 4. The molecule has 158 valence electrons. The molecule has 4 rings (SSSR count). The van der Waals surface area contributed by atoms with Gasteiger partial charge in [0.05, 0.1) is 5.60 Å². The molecule has 30 heavy (non-hydrogen) atoms. The zero-order valence-corrected chi connectivity index (χ0v) is 19.6. The maximum atomic E-state index is 6.18. The van der Waals surface area contributed by atoms with Gasteiger partial charge >= 0.3 is 0 Å². The molecule has 7 heteroatoms. The molecular formula is C23H31N5OSi. The number of rotatable bonds is 6. The molecule has 1 aliphatic rings. The Labute approximate surface area is 181 Å². The predicted octanol–water partition coefficient (Wildman–Crippen LogP) is 5.77. The summed E-state index contributed by atoms with van der Waals surface area (Å²) in [5.74, 6) is 1.30. The zero-order valence-electron chi connectivity index (χ0n) is 18.6. The van der Waals surface area contributed by atoms with Crippen LogP contribution in [0.15, 0.2) is 36.8 Å². The van der Waals surface area contributed by atoms with Crippen molar-refractivity contribution in [3.63, 3.8) is 0 Å². The van der Waals surface area contributed by atoms with Gasteiger partial charge < -0.3 is 14.3 Å². The summed E-state index contributed by atoms with van der Waals surface area (Å²) in [5.41, 5.74) is 1.67. The molecule has 0 unspecified atom stereocenters. The molecule has 1 N–H and O–H groups in total. The van der Waals surface area contributed by atoms with E-state index in [9.17, 15) is 0 Å². The van der Waals surface area contributed by atoms with E-state index in [0.717, 1.165) is 22.4 Å². The molecular weight excluding hydrogens is 390 g/mol. The highest BCUT2D eigenvalue weighted by Crippen LogP contribution is 2.33. The first-order valence-corrected chi connectivity index (χ1v) is 11.6. The summed E-state index contributed by atoms with van der Waals surface area (Å²) in [5, 5.41) is 4.48. The van der Waals surface area contributed by atoms with Crippen LogP contribution in [0.3, 0.4) is 0 Å². The molecule has 6 nitrogen and oxygen atoms in total. The van der Waals surface area contributed by atoms with E-state index in [2.05, 4.69) is 72.8 Å². The van der Waals surface area contributed by atoms with Crippen LogP contribution in [0.25, 0.3) is 11.0 Å². The first kappa shape index (κ1) is 21.0. The van der Waals surface area contributed by atoms with E-state index in [1.165, 1.54) is 25.7 Å². The van der Waals surface area contributed by atoms with E-state index in [1.807, 2.05) is 18.5 Å². The van der Waals surface area contributed by atoms with Crippen LogP contribution >= 0.6 is 0 Å². The highest BCUT2D eigenvalue weighted by molar-refractivity contribution is 6.31. The molecule has 3 heterocycles. The van der Waals surface area contributed by atoms with Crippen molar-refractivity contribution in [2.24, 2.45) is 0 Å². The van der Waals surface area contributed by atoms with Crippen LogP contribution in [0.4, 0.5) is 11.8 Å². The monoisotopic (exact) mass is 421 g/mol. The first-order valence-electron chi connectivity index (χ1n) is 10.7. The normalized spacial score (nSPS) is 15.8. The van der Waals surface area contributed by atoms with Crippen LogP contribution in [0, 0.1) is 0 Å². The van der Waals surface area contributed by atoms with E-state index in [1.54, 1.807) is 0 Å². The highest BCUT2D eigenvalue weighted by atomic mass is 28.2. The van der Waals surface area contributed by atoms with Gasteiger partial charge in [-0.3, -0.25) is 0 Å². The van der Waals surface area contributed by atoms with E-state index < -0.39 is 0 Å². The Bertz CT molecular complexity index is 1000. The van der Waals surface area contributed by atoms with Crippen molar-refractivity contribution in [3.8, 4) is 0 Å². The van der Waals surface area contributed by atoms with Crippen LogP contribution in [-0.4, -0.2) is 29.3 Å². The minimum atomic E-state index is -0.380. The maximum Gasteiger partial charge on any atom is 0.236 e. The number of fused-ring (bicyclic) bond motifs is 1. The van der Waals surface area contributed by atoms with Gasteiger partial charge in [0, 0.05) is 35.6 Å². The summed E-state index contributed by atoms with van der Waals surface area (Å²) in [7, 11) is 0.422. The molecule has 0 atom stereocenters. The van der Waals surface area contributed by atoms with Crippen LogP contribution in [0.1, 0.15) is 71.9 Å². The molecule has 0 aromatic carbocycles. The van der Waals surface area contributed by atoms with Gasteiger partial charge in [0.15, 0.2) is 0 Å². The van der Waals surface area contributed by atoms with Gasteiger partial charge in [0.25, 0.3) is 0 Å². The fourth-order valence-corrected chi connectivity index (χ4v) is 4.43. The third-order valence-electron chi connectivity index (χ3n) is 5.48. The fourth-order valence-electron chi connectivity index (χ4n) is 3.75. The summed E-state index contributed by atoms with van der Waals surface area (Å²) in [6, 6.07) is 6.68. The SMILES string of the molecule is CC(C)(C)[Si]OC(C)(C)c1ccc(Nc2ncc3ccn(C4CCCC4)c3n2)nc1. The van der Waals surface area contributed by atoms with E-state index in [4.69, 9.17) is 9.41 Å². The van der Waals surface area contributed by atoms with Gasteiger partial charge in [0.2, 0.25) is 15.7 Å². The lowest BCUT2D eigenvalue weighted by Crippen LogP contribution is -2.27. The van der Waals surface area contributed by atoms with E-state index in [0.29, 0.717) is 21.8 Å². The molecule has 0 saturated heterocycles. The summed E-state index contributed by atoms with van der Waals surface area (Å²) < 4.78 is 8.49. The predicted molar refractivity (Wildman–Crippen MR) is 122 cm³/mol. The van der Waals surface area contributed by atoms with Gasteiger partial charge in [-0.15, -0.1) is 0 Å². The molecule has 3 aromatic heterocycles. The van der Waals surface area contributed by atoms with Crippen molar-refractivity contribution in [2.45, 2.75) is 77.0 Å². The van der Waals surface area contributed by atoms with Gasteiger partial charge in [0.1, 0.15) is 11.5 Å². The molecule has 1 aliphatic carbocycles. The zero-order chi connectivity index (χ0) is 21.4. The fraction of sp³-hybridized carbons (Fsp3) is 0.522. The largest absolute Gasteiger partial charge is 0.408 e. The average Bonchev–Trinajstić information content (AvgIpc) is 3.36. The standard InChI is InChI=1S/C23H31N5OSi/c1-22(2,3)30-29-23(4,5)17-10-11-19(24-15-17)26-21-25-14-16-12-13-28(20(16)27-21)18-8-6-7-9-18/h10-15,18H,6-9H2,1-5H3,(H,24,25,26,27). The minimum absolute atomic E-state index is 0.151. The first-order chi connectivity index (χ1) is 14.2. The number of nitrogens with zero attached hydrogens (tertiary/aromatic N) is 4. The van der Waals surface area contributed by atoms with Gasteiger partial charge in [-0.2, -0.15) is 4.98 Å². The molecule has 1 saturated carbocycles. The second-order valence-corrected chi connectivity index (χ2v) is 11.6. The number of hydrogen-bond donors (Lipinski definition) is 1. The number of anilines is 2. The van der Waals surface area contributed by atoms with Crippen molar-refractivity contribution in [2.75, 3.05) is 5.32 Å². The van der Waals surface area contributed by atoms with Crippen molar-refractivity contribution >= 4 is 32.6 Å². The summed E-state index contributed by atoms with van der Waals surface area (Å²) in [6.45, 7) is 10.7. The van der Waals surface area contributed by atoms with Crippen molar-refractivity contribution < 1.29 is 4.43 Å². The lowest BCUT2D eigenvalue weighted by molar-refractivity contribution is 0.109. The lowest BCUT2D eigenvalue weighted by atomic mass is 10.0. The minimum Gasteiger partial charge on any atom is -0.408 e. The van der Waals surface area contributed by atoms with Crippen molar-refractivity contribution in [1.82, 2.24) is 19.5 Å². The van der Waals surface area contributed by atoms with Crippen molar-refractivity contribution in [3.05, 3.63) is 42.4 Å². The van der Waals surface area contributed by atoms with Gasteiger partial charge in [-0.1, -0.05) is 39.7 Å². The van der Waals surface area contributed by atoms with Crippen LogP contribution in [0.5, 0.6) is 0 Å². The number of pyridine rings is 1. The number of nitrogens with one attached hydrogen (secondary N) is 1. The molecule has 0 amide bonds. The maximum absolute atomic E-state index is 6.18. The third kappa shape index (κ3) is 4.73. The van der Waals surface area contributed by atoms with Crippen molar-refractivity contribution in [1.29, 1.82) is 0 Å². The second kappa shape index (κ2) is 8.11. The molecule has 0 aliphatic heterocycles. The molecule has 0 spiro atoms. The lowest BCUT2D eigenvalue weighted by Gasteiger charge is -2.29. The number of hydrogen-bond acceptors (Lipinski definition) is 5. The van der Waals surface area contributed by atoms with Crippen LogP contribution in [0.2, 0.25) is 5.04 Å². The summed E-state index contributed by atoms with van der Waals surface area (Å²) >= 11 is 0. The van der Waals surface area contributed by atoms with Crippen LogP contribution in [-0.2, 0) is 10.0 Å². The van der Waals surface area contributed by atoms with Crippen LogP contribution < -0.4 is 5.32 Å². The molecule has 3 aromatic rings. The van der Waals surface area contributed by atoms with E-state index >= 15 is 0 Å². The summed E-state index contributed by atoms with van der Waals surface area (Å²) in [6.07, 6.45) is 11.0. The topological polar surface area (TPSA) is 64.9 Å². The molecule has 1 fully saturated rings.